The first-order chi connectivity index (χ1) is 13.7. The van der Waals surface area contributed by atoms with Crippen LogP contribution >= 0.6 is 0 Å². The highest BCUT2D eigenvalue weighted by Gasteiger charge is 2.38. The van der Waals surface area contributed by atoms with E-state index in [1.807, 2.05) is 35.2 Å². The minimum atomic E-state index is 0.107. The number of piperazine rings is 1. The molecule has 0 unspecified atom stereocenters. The molecular weight excluding hydrogens is 348 g/mol. The molecule has 1 heterocycles. The number of hydrogen-bond acceptors (Lipinski definition) is 2. The fourth-order valence-electron chi connectivity index (χ4n) is 5.27. The Labute approximate surface area is 166 Å². The lowest BCUT2D eigenvalue weighted by Crippen LogP contribution is -3.15. The van der Waals surface area contributed by atoms with E-state index in [9.17, 15) is 4.79 Å². The largest absolute Gasteiger partial charge is 0.484 e. The molecule has 1 aliphatic heterocycles. The quantitative estimate of drug-likeness (QED) is 0.811. The van der Waals surface area contributed by atoms with E-state index in [2.05, 4.69) is 24.3 Å². The highest BCUT2D eigenvalue weighted by Crippen LogP contribution is 2.42. The number of quaternary nitrogens is 1. The third kappa shape index (κ3) is 3.66. The molecule has 146 valence electrons. The van der Waals surface area contributed by atoms with Crippen molar-refractivity contribution in [3.8, 4) is 5.75 Å². The van der Waals surface area contributed by atoms with E-state index in [0.29, 0.717) is 0 Å². The van der Waals surface area contributed by atoms with Gasteiger partial charge in [0.05, 0.1) is 32.7 Å². The van der Waals surface area contributed by atoms with Crippen LogP contribution in [-0.4, -0.2) is 50.1 Å². The van der Waals surface area contributed by atoms with Crippen LogP contribution in [0.3, 0.4) is 0 Å². The normalized spacial score (nSPS) is 26.9. The Bertz CT molecular complexity index is 885. The van der Waals surface area contributed by atoms with Crippen molar-refractivity contribution in [2.75, 3.05) is 39.3 Å². The fourth-order valence-corrected chi connectivity index (χ4v) is 5.27. The Balaban J connectivity index is 1.09. The second kappa shape index (κ2) is 7.59. The molecule has 3 atom stereocenters. The van der Waals surface area contributed by atoms with Gasteiger partial charge in [-0.15, -0.1) is 0 Å². The number of carbonyl (C=O) groups is 1. The number of ether oxygens (including phenoxy) is 1. The fraction of sp³-hybridized carbons (Fsp3) is 0.458. The first kappa shape index (κ1) is 17.7. The summed E-state index contributed by atoms with van der Waals surface area (Å²) in [5.74, 6) is 3.41. The number of rotatable bonds is 5. The smallest absolute Gasteiger partial charge is 0.260 e. The van der Waals surface area contributed by atoms with Crippen LogP contribution in [0.5, 0.6) is 5.75 Å². The molecule has 1 saturated heterocycles. The van der Waals surface area contributed by atoms with Gasteiger partial charge in [0.2, 0.25) is 0 Å². The molecule has 28 heavy (non-hydrogen) atoms. The lowest BCUT2D eigenvalue weighted by Gasteiger charge is -2.34. The number of allylic oxidation sites excluding steroid dienone is 2. The summed E-state index contributed by atoms with van der Waals surface area (Å²) in [6.45, 7) is 5.25. The van der Waals surface area contributed by atoms with Gasteiger partial charge in [0, 0.05) is 5.92 Å². The molecule has 0 radical (unpaired) electrons. The maximum absolute atomic E-state index is 12.6. The van der Waals surface area contributed by atoms with E-state index in [-0.39, 0.29) is 12.5 Å². The Morgan fingerprint density at radius 2 is 1.86 bits per heavy atom. The monoisotopic (exact) mass is 377 g/mol. The van der Waals surface area contributed by atoms with E-state index in [4.69, 9.17) is 4.74 Å². The van der Waals surface area contributed by atoms with Gasteiger partial charge in [-0.25, -0.2) is 0 Å². The number of fused-ring (bicyclic) bond motifs is 3. The standard InChI is InChI=1S/C24H28N2O2/c27-24(17-28-23-8-7-19-3-1-2-4-20(19)15-23)26-11-9-25(10-12-26)16-22-14-18-5-6-21(22)13-18/h1-8,15,18,21-22H,9-14,16-17H2/p+1/t18-,21+,22+/m1/s1. The molecule has 2 aromatic rings. The molecule has 2 fully saturated rings. The van der Waals surface area contributed by atoms with Crippen LogP contribution in [0.1, 0.15) is 12.8 Å². The van der Waals surface area contributed by atoms with Crippen molar-refractivity contribution in [2.45, 2.75) is 12.8 Å². The summed E-state index contributed by atoms with van der Waals surface area (Å²) in [5, 5.41) is 2.33. The van der Waals surface area contributed by atoms with Gasteiger partial charge in [-0.2, -0.15) is 0 Å². The summed E-state index contributed by atoms with van der Waals surface area (Å²) in [4.78, 5) is 16.2. The zero-order chi connectivity index (χ0) is 18.9. The highest BCUT2D eigenvalue weighted by molar-refractivity contribution is 5.84. The Hall–Kier alpha value is -2.33. The summed E-state index contributed by atoms with van der Waals surface area (Å²) in [6, 6.07) is 14.2. The van der Waals surface area contributed by atoms with Gasteiger partial charge in [0.25, 0.3) is 5.91 Å². The molecule has 2 aliphatic carbocycles. The summed E-state index contributed by atoms with van der Waals surface area (Å²) in [6.07, 6.45) is 7.63. The maximum Gasteiger partial charge on any atom is 0.260 e. The van der Waals surface area contributed by atoms with Gasteiger partial charge in [0.15, 0.2) is 6.61 Å². The third-order valence-corrected chi connectivity index (χ3v) is 6.87. The van der Waals surface area contributed by atoms with Crippen LogP contribution in [0, 0.1) is 17.8 Å². The van der Waals surface area contributed by atoms with Crippen molar-refractivity contribution in [1.29, 1.82) is 0 Å². The topological polar surface area (TPSA) is 34.0 Å². The van der Waals surface area contributed by atoms with Gasteiger partial charge < -0.3 is 14.5 Å². The molecule has 4 nitrogen and oxygen atoms in total. The second-order valence-electron chi connectivity index (χ2n) is 8.67. The zero-order valence-electron chi connectivity index (χ0n) is 16.3. The van der Waals surface area contributed by atoms with Crippen molar-refractivity contribution in [3.63, 3.8) is 0 Å². The molecule has 0 spiro atoms. The van der Waals surface area contributed by atoms with Gasteiger partial charge >= 0.3 is 0 Å². The predicted octanol–water partition coefficient (Wildman–Crippen LogP) is 2.16. The number of amides is 1. The average Bonchev–Trinajstić information content (AvgIpc) is 3.36. The molecular formula is C24H29N2O2+. The molecule has 1 amide bonds. The van der Waals surface area contributed by atoms with E-state index in [1.165, 1.54) is 24.8 Å². The predicted molar refractivity (Wildman–Crippen MR) is 110 cm³/mol. The second-order valence-corrected chi connectivity index (χ2v) is 8.67. The number of nitrogens with zero attached hydrogens (tertiary/aromatic N) is 1. The molecule has 0 aromatic heterocycles. The van der Waals surface area contributed by atoms with Crippen molar-refractivity contribution in [2.24, 2.45) is 17.8 Å². The summed E-state index contributed by atoms with van der Waals surface area (Å²) < 4.78 is 5.79. The van der Waals surface area contributed by atoms with Crippen molar-refractivity contribution in [1.82, 2.24) is 4.90 Å². The van der Waals surface area contributed by atoms with Gasteiger partial charge in [-0.3, -0.25) is 4.79 Å². The van der Waals surface area contributed by atoms with Gasteiger partial charge in [-0.1, -0.05) is 42.5 Å². The number of nitrogens with one attached hydrogen (secondary N) is 1. The number of carbonyl (C=O) groups excluding carboxylic acids is 1. The van der Waals surface area contributed by atoms with Crippen LogP contribution in [0.2, 0.25) is 0 Å². The summed E-state index contributed by atoms with van der Waals surface area (Å²) in [5.41, 5.74) is 0. The third-order valence-electron chi connectivity index (χ3n) is 6.87. The van der Waals surface area contributed by atoms with Crippen LogP contribution in [0.15, 0.2) is 54.6 Å². The zero-order valence-corrected chi connectivity index (χ0v) is 16.3. The molecule has 1 N–H and O–H groups in total. The van der Waals surface area contributed by atoms with Gasteiger partial charge in [-0.05, 0) is 47.6 Å². The van der Waals surface area contributed by atoms with Gasteiger partial charge in [0.1, 0.15) is 5.75 Å². The SMILES string of the molecule is O=C(COc1ccc2ccccc2c1)N1CC[NH+](C[C@@H]2C[C@@H]3C=C[C@H]2C3)CC1. The van der Waals surface area contributed by atoms with E-state index < -0.39 is 0 Å². The van der Waals surface area contributed by atoms with E-state index in [1.54, 1.807) is 4.90 Å². The lowest BCUT2D eigenvalue weighted by molar-refractivity contribution is -0.907. The Kier molecular flexibility index (Phi) is 4.81. The van der Waals surface area contributed by atoms with E-state index >= 15 is 0 Å². The number of benzene rings is 2. The molecule has 4 heteroatoms. The minimum Gasteiger partial charge on any atom is -0.484 e. The van der Waals surface area contributed by atoms with Crippen LogP contribution in [0.25, 0.3) is 10.8 Å². The first-order valence-corrected chi connectivity index (χ1v) is 10.7. The first-order valence-electron chi connectivity index (χ1n) is 10.7. The molecule has 5 rings (SSSR count). The van der Waals surface area contributed by atoms with Crippen molar-refractivity contribution < 1.29 is 14.4 Å². The van der Waals surface area contributed by atoms with E-state index in [0.717, 1.165) is 55.1 Å². The van der Waals surface area contributed by atoms with Crippen molar-refractivity contribution >= 4 is 16.7 Å². The minimum absolute atomic E-state index is 0.107. The average molecular weight is 378 g/mol. The van der Waals surface area contributed by atoms with Crippen LogP contribution in [-0.2, 0) is 4.79 Å². The molecule has 2 bridgehead atoms. The maximum atomic E-state index is 12.6. The Morgan fingerprint density at radius 1 is 1.04 bits per heavy atom. The molecule has 2 aromatic carbocycles. The Morgan fingerprint density at radius 3 is 2.61 bits per heavy atom. The van der Waals surface area contributed by atoms with Crippen LogP contribution < -0.4 is 9.64 Å². The summed E-state index contributed by atoms with van der Waals surface area (Å²) in [7, 11) is 0. The molecule has 3 aliphatic rings. The molecule has 1 saturated carbocycles. The highest BCUT2D eigenvalue weighted by atomic mass is 16.5. The number of hydrogen-bond donors (Lipinski definition) is 1. The van der Waals surface area contributed by atoms with Crippen LogP contribution in [0.4, 0.5) is 0 Å². The lowest BCUT2D eigenvalue weighted by atomic mass is 9.93. The summed E-state index contributed by atoms with van der Waals surface area (Å²) >= 11 is 0. The van der Waals surface area contributed by atoms with Crippen molar-refractivity contribution in [3.05, 3.63) is 54.6 Å².